The maximum atomic E-state index is 14.0. The van der Waals surface area contributed by atoms with E-state index in [2.05, 4.69) is 10.6 Å². The fourth-order valence-corrected chi connectivity index (χ4v) is 3.96. The molecule has 1 atom stereocenters. The van der Waals surface area contributed by atoms with Crippen molar-refractivity contribution in [2.75, 3.05) is 19.0 Å². The Morgan fingerprint density at radius 3 is 2.55 bits per heavy atom. The van der Waals surface area contributed by atoms with E-state index in [1.54, 1.807) is 18.2 Å². The minimum absolute atomic E-state index is 0.188. The summed E-state index contributed by atoms with van der Waals surface area (Å²) >= 11 is 0. The van der Waals surface area contributed by atoms with Crippen LogP contribution in [-0.4, -0.2) is 36.4 Å². The summed E-state index contributed by atoms with van der Waals surface area (Å²) in [5.41, 5.74) is -2.94. The Labute approximate surface area is 177 Å². The largest absolute Gasteiger partial charge is 0.496 e. The van der Waals surface area contributed by atoms with Gasteiger partial charge in [0.25, 0.3) is 5.91 Å². The third-order valence-electron chi connectivity index (χ3n) is 5.57. The van der Waals surface area contributed by atoms with Crippen LogP contribution in [0.4, 0.5) is 23.2 Å². The lowest BCUT2D eigenvalue weighted by Gasteiger charge is -2.38. The highest BCUT2D eigenvalue weighted by Crippen LogP contribution is 2.44. The summed E-state index contributed by atoms with van der Waals surface area (Å²) in [7, 11) is 1.34. The Balaban J connectivity index is 1.90. The highest BCUT2D eigenvalue weighted by molar-refractivity contribution is 6.00. The number of carbonyl (C=O) groups is 1. The van der Waals surface area contributed by atoms with Crippen LogP contribution >= 0.6 is 0 Å². The van der Waals surface area contributed by atoms with Crippen molar-refractivity contribution in [1.29, 1.82) is 0 Å². The van der Waals surface area contributed by atoms with Crippen molar-refractivity contribution in [2.24, 2.45) is 0 Å². The van der Waals surface area contributed by atoms with Crippen LogP contribution in [0.25, 0.3) is 0 Å². The summed E-state index contributed by atoms with van der Waals surface area (Å²) in [5, 5.41) is 16.0. The molecule has 0 saturated heterocycles. The second-order valence-electron chi connectivity index (χ2n) is 8.30. The lowest BCUT2D eigenvalue weighted by Crippen LogP contribution is -2.53. The molecule has 31 heavy (non-hydrogen) atoms. The molecule has 3 rings (SSSR count). The number of halogens is 4. The molecule has 2 aromatic carbocycles. The van der Waals surface area contributed by atoms with Gasteiger partial charge in [0.15, 0.2) is 5.60 Å². The predicted molar refractivity (Wildman–Crippen MR) is 108 cm³/mol. The molecular weight excluding hydrogens is 416 g/mol. The second-order valence-corrected chi connectivity index (χ2v) is 8.30. The quantitative estimate of drug-likeness (QED) is 0.566. The van der Waals surface area contributed by atoms with Crippen LogP contribution in [0.15, 0.2) is 36.4 Å². The van der Waals surface area contributed by atoms with Crippen molar-refractivity contribution < 1.29 is 32.2 Å². The fraction of sp³-hybridized carbons (Fsp3) is 0.409. The second kappa shape index (κ2) is 8.03. The Hall–Kier alpha value is -2.81. The van der Waals surface area contributed by atoms with Gasteiger partial charge in [-0.3, -0.25) is 4.79 Å². The Morgan fingerprint density at radius 2 is 1.90 bits per heavy atom. The van der Waals surface area contributed by atoms with Gasteiger partial charge in [-0.15, -0.1) is 0 Å². The van der Waals surface area contributed by atoms with Crippen molar-refractivity contribution in [1.82, 2.24) is 5.32 Å². The fourth-order valence-electron chi connectivity index (χ4n) is 3.96. The highest BCUT2D eigenvalue weighted by Gasteiger charge is 2.56. The summed E-state index contributed by atoms with van der Waals surface area (Å²) in [4.78, 5) is 11.8. The van der Waals surface area contributed by atoms with E-state index in [-0.39, 0.29) is 23.8 Å². The standard InChI is InChI=1S/C22H24F4N2O3/c1-20(2,16-9-13(23)7-8-18(16)31-3)11-21(30,22(24,25)26)12-28-17-6-4-5-14-15(17)10-27-19(14)29/h4-9,28,30H,10-12H2,1-3H3,(H,27,29). The number of aliphatic hydroxyl groups is 1. The van der Waals surface area contributed by atoms with Crippen molar-refractivity contribution in [3.05, 3.63) is 58.9 Å². The maximum absolute atomic E-state index is 14.0. The average Bonchev–Trinajstić information content (AvgIpc) is 3.07. The lowest BCUT2D eigenvalue weighted by atomic mass is 9.74. The van der Waals surface area contributed by atoms with Crippen LogP contribution in [0.1, 0.15) is 41.8 Å². The SMILES string of the molecule is COc1ccc(F)cc1C(C)(C)CC(O)(CNc1cccc2c1CNC2=O)C(F)(F)F. The van der Waals surface area contributed by atoms with Crippen LogP contribution in [0, 0.1) is 5.82 Å². The third kappa shape index (κ3) is 4.46. The van der Waals surface area contributed by atoms with E-state index in [1.165, 1.54) is 27.0 Å². The van der Waals surface area contributed by atoms with Crippen molar-refractivity contribution >= 4 is 11.6 Å². The molecule has 1 aliphatic rings. The predicted octanol–water partition coefficient (Wildman–Crippen LogP) is 4.15. The van der Waals surface area contributed by atoms with Crippen LogP contribution in [0.3, 0.4) is 0 Å². The topological polar surface area (TPSA) is 70.6 Å². The number of alkyl halides is 3. The molecule has 5 nitrogen and oxygen atoms in total. The van der Waals surface area contributed by atoms with Crippen molar-refractivity contribution in [2.45, 2.75) is 44.0 Å². The van der Waals surface area contributed by atoms with Gasteiger partial charge in [0.2, 0.25) is 0 Å². The van der Waals surface area contributed by atoms with Crippen LogP contribution < -0.4 is 15.4 Å². The Bertz CT molecular complexity index is 991. The number of hydrogen-bond donors (Lipinski definition) is 3. The Kier molecular flexibility index (Phi) is 5.92. The van der Waals surface area contributed by atoms with E-state index in [9.17, 15) is 27.5 Å². The third-order valence-corrected chi connectivity index (χ3v) is 5.57. The molecule has 2 aromatic rings. The molecular formula is C22H24F4N2O3. The molecule has 1 heterocycles. The van der Waals surface area contributed by atoms with Crippen molar-refractivity contribution in [3.63, 3.8) is 0 Å². The van der Waals surface area contributed by atoms with Gasteiger partial charge in [-0.05, 0) is 42.2 Å². The first kappa shape index (κ1) is 22.9. The molecule has 0 spiro atoms. The molecule has 9 heteroatoms. The van der Waals surface area contributed by atoms with Gasteiger partial charge >= 0.3 is 6.18 Å². The number of nitrogens with one attached hydrogen (secondary N) is 2. The van der Waals surface area contributed by atoms with Gasteiger partial charge in [-0.25, -0.2) is 4.39 Å². The number of amides is 1. The number of carbonyl (C=O) groups excluding carboxylic acids is 1. The first-order valence-corrected chi connectivity index (χ1v) is 9.65. The first-order chi connectivity index (χ1) is 14.4. The van der Waals surface area contributed by atoms with E-state index < -0.39 is 36.0 Å². The molecule has 0 bridgehead atoms. The van der Waals surface area contributed by atoms with E-state index in [4.69, 9.17) is 4.74 Å². The number of anilines is 1. The highest BCUT2D eigenvalue weighted by atomic mass is 19.4. The zero-order valence-electron chi connectivity index (χ0n) is 17.4. The molecule has 0 fully saturated rings. The summed E-state index contributed by atoms with van der Waals surface area (Å²) in [6.07, 6.45) is -5.72. The van der Waals surface area contributed by atoms with Gasteiger partial charge < -0.3 is 20.5 Å². The molecule has 1 unspecified atom stereocenters. The van der Waals surface area contributed by atoms with Crippen molar-refractivity contribution in [3.8, 4) is 5.75 Å². The molecule has 0 radical (unpaired) electrons. The number of methoxy groups -OCH3 is 1. The molecule has 0 aromatic heterocycles. The van der Waals surface area contributed by atoms with Gasteiger partial charge in [0, 0.05) is 28.9 Å². The molecule has 0 aliphatic carbocycles. The van der Waals surface area contributed by atoms with Gasteiger partial charge in [-0.1, -0.05) is 19.9 Å². The number of benzene rings is 2. The zero-order valence-corrected chi connectivity index (χ0v) is 17.4. The van der Waals surface area contributed by atoms with Gasteiger partial charge in [-0.2, -0.15) is 13.2 Å². The van der Waals surface area contributed by atoms with Crippen LogP contribution in [0.5, 0.6) is 5.75 Å². The average molecular weight is 440 g/mol. The number of fused-ring (bicyclic) bond motifs is 1. The van der Waals surface area contributed by atoms with Crippen LogP contribution in [0.2, 0.25) is 0 Å². The smallest absolute Gasteiger partial charge is 0.418 e. The monoisotopic (exact) mass is 440 g/mol. The Morgan fingerprint density at radius 1 is 1.19 bits per heavy atom. The summed E-state index contributed by atoms with van der Waals surface area (Å²) in [6.45, 7) is 2.32. The normalized spacial score (nSPS) is 15.8. The number of rotatable bonds is 7. The van der Waals surface area contributed by atoms with Gasteiger partial charge in [0.05, 0.1) is 13.7 Å². The lowest BCUT2D eigenvalue weighted by molar-refractivity contribution is -0.260. The number of hydrogen-bond acceptors (Lipinski definition) is 4. The minimum Gasteiger partial charge on any atom is -0.496 e. The van der Waals surface area contributed by atoms with E-state index in [0.29, 0.717) is 16.8 Å². The molecule has 3 N–H and O–H groups in total. The van der Waals surface area contributed by atoms with E-state index in [1.807, 2.05) is 0 Å². The van der Waals surface area contributed by atoms with E-state index in [0.717, 1.165) is 12.1 Å². The molecule has 1 amide bonds. The zero-order chi connectivity index (χ0) is 23.0. The molecule has 0 saturated carbocycles. The molecule has 1 aliphatic heterocycles. The number of ether oxygens (including phenoxy) is 1. The summed E-state index contributed by atoms with van der Waals surface area (Å²) in [6, 6.07) is 8.30. The first-order valence-electron chi connectivity index (χ1n) is 9.65. The van der Waals surface area contributed by atoms with Gasteiger partial charge in [0.1, 0.15) is 11.6 Å². The summed E-state index contributed by atoms with van der Waals surface area (Å²) < 4.78 is 61.0. The van der Waals surface area contributed by atoms with E-state index >= 15 is 0 Å². The summed E-state index contributed by atoms with van der Waals surface area (Å²) in [5.74, 6) is -0.687. The minimum atomic E-state index is -4.97. The van der Waals surface area contributed by atoms with Crippen LogP contribution in [-0.2, 0) is 12.0 Å². The maximum Gasteiger partial charge on any atom is 0.418 e. The molecule has 168 valence electrons.